The number of nitrogens with zero attached hydrogens (tertiary/aromatic N) is 2. The molecule has 0 saturated carbocycles. The topological polar surface area (TPSA) is 36.7 Å². The highest BCUT2D eigenvalue weighted by molar-refractivity contribution is 7.99. The number of hydrogen-bond acceptors (Lipinski definition) is 3. The summed E-state index contributed by atoms with van der Waals surface area (Å²) in [7, 11) is 0. The zero-order chi connectivity index (χ0) is 11.9. The van der Waals surface area contributed by atoms with Crippen LogP contribution in [0, 0.1) is 11.3 Å². The fourth-order valence-corrected chi connectivity index (χ4v) is 2.36. The molecule has 0 amide bonds. The van der Waals surface area contributed by atoms with Gasteiger partial charge in [-0.25, -0.2) is 4.98 Å². The lowest BCUT2D eigenvalue weighted by atomic mass is 10.2. The summed E-state index contributed by atoms with van der Waals surface area (Å²) < 4.78 is 0. The fraction of sp³-hybridized carbons (Fsp3) is 0.143. The van der Waals surface area contributed by atoms with E-state index in [2.05, 4.69) is 35.3 Å². The van der Waals surface area contributed by atoms with E-state index in [9.17, 15) is 0 Å². The van der Waals surface area contributed by atoms with E-state index in [0.29, 0.717) is 5.69 Å². The Morgan fingerprint density at radius 2 is 1.88 bits per heavy atom. The SMILES string of the molecule is N#Cc1cccc(SCCc2ccccc2)n1. The molecule has 2 rings (SSSR count). The summed E-state index contributed by atoms with van der Waals surface area (Å²) in [5.41, 5.74) is 1.81. The van der Waals surface area contributed by atoms with Crippen LogP contribution in [0.1, 0.15) is 11.3 Å². The highest BCUT2D eigenvalue weighted by atomic mass is 32.2. The second-order valence-corrected chi connectivity index (χ2v) is 4.67. The van der Waals surface area contributed by atoms with Crippen LogP contribution in [0.15, 0.2) is 53.6 Å². The van der Waals surface area contributed by atoms with Crippen molar-refractivity contribution in [3.8, 4) is 6.07 Å². The highest BCUT2D eigenvalue weighted by Crippen LogP contribution is 2.16. The zero-order valence-corrected chi connectivity index (χ0v) is 10.2. The third-order valence-electron chi connectivity index (χ3n) is 2.32. The van der Waals surface area contributed by atoms with Crippen molar-refractivity contribution in [3.05, 3.63) is 59.8 Å². The van der Waals surface area contributed by atoms with Crippen molar-refractivity contribution in [2.75, 3.05) is 5.75 Å². The van der Waals surface area contributed by atoms with Gasteiger partial charge in [0.2, 0.25) is 0 Å². The minimum Gasteiger partial charge on any atom is -0.231 e. The Hall–Kier alpha value is -1.79. The lowest BCUT2D eigenvalue weighted by molar-refractivity contribution is 1.09. The molecule has 0 radical (unpaired) electrons. The number of aromatic nitrogens is 1. The average Bonchev–Trinajstić information content (AvgIpc) is 2.40. The molecular formula is C14H12N2S. The molecule has 2 aromatic rings. The predicted octanol–water partition coefficient (Wildman–Crippen LogP) is 3.29. The summed E-state index contributed by atoms with van der Waals surface area (Å²) in [5, 5.41) is 9.66. The number of hydrogen-bond donors (Lipinski definition) is 0. The molecule has 84 valence electrons. The van der Waals surface area contributed by atoms with Gasteiger partial charge in [-0.2, -0.15) is 5.26 Å². The molecule has 1 heterocycles. The smallest absolute Gasteiger partial charge is 0.141 e. The Morgan fingerprint density at radius 3 is 2.65 bits per heavy atom. The molecule has 2 nitrogen and oxygen atoms in total. The van der Waals surface area contributed by atoms with Crippen molar-refractivity contribution in [2.24, 2.45) is 0 Å². The lowest BCUT2D eigenvalue weighted by Gasteiger charge is -2.01. The third-order valence-corrected chi connectivity index (χ3v) is 3.25. The number of benzene rings is 1. The van der Waals surface area contributed by atoms with Crippen molar-refractivity contribution in [3.63, 3.8) is 0 Å². The first-order valence-electron chi connectivity index (χ1n) is 5.42. The predicted molar refractivity (Wildman–Crippen MR) is 69.8 cm³/mol. The minimum absolute atomic E-state index is 0.481. The van der Waals surface area contributed by atoms with E-state index < -0.39 is 0 Å². The molecule has 0 aliphatic carbocycles. The van der Waals surface area contributed by atoms with Gasteiger partial charge in [0.05, 0.1) is 5.03 Å². The van der Waals surface area contributed by atoms with Gasteiger partial charge in [0, 0.05) is 5.75 Å². The quantitative estimate of drug-likeness (QED) is 0.769. The molecule has 17 heavy (non-hydrogen) atoms. The maximum Gasteiger partial charge on any atom is 0.141 e. The van der Waals surface area contributed by atoms with Crippen LogP contribution in [0.4, 0.5) is 0 Å². The first-order chi connectivity index (χ1) is 8.38. The van der Waals surface area contributed by atoms with Crippen LogP contribution in [0.25, 0.3) is 0 Å². The molecule has 0 fully saturated rings. The molecule has 0 atom stereocenters. The second-order valence-electron chi connectivity index (χ2n) is 3.56. The minimum atomic E-state index is 0.481. The molecule has 1 aromatic heterocycles. The first-order valence-corrected chi connectivity index (χ1v) is 6.41. The molecule has 0 aliphatic rings. The number of pyridine rings is 1. The molecule has 0 saturated heterocycles. The van der Waals surface area contributed by atoms with Crippen LogP contribution in [-0.4, -0.2) is 10.7 Å². The standard InChI is InChI=1S/C14H12N2S/c15-11-13-7-4-8-14(16-13)17-10-9-12-5-2-1-3-6-12/h1-8H,9-10H2. The molecular weight excluding hydrogens is 228 g/mol. The van der Waals surface area contributed by atoms with E-state index >= 15 is 0 Å². The van der Waals surface area contributed by atoms with E-state index in [1.807, 2.05) is 18.2 Å². The van der Waals surface area contributed by atoms with Crippen LogP contribution < -0.4 is 0 Å². The maximum absolute atomic E-state index is 8.74. The molecule has 3 heteroatoms. The number of nitriles is 1. The fourth-order valence-electron chi connectivity index (χ4n) is 1.48. The van der Waals surface area contributed by atoms with Gasteiger partial charge in [-0.1, -0.05) is 36.4 Å². The van der Waals surface area contributed by atoms with Crippen molar-refractivity contribution >= 4 is 11.8 Å². The van der Waals surface area contributed by atoms with Crippen molar-refractivity contribution in [1.82, 2.24) is 4.98 Å². The van der Waals surface area contributed by atoms with Crippen LogP contribution in [-0.2, 0) is 6.42 Å². The molecule has 0 aliphatic heterocycles. The summed E-state index contributed by atoms with van der Waals surface area (Å²) in [6, 6.07) is 18.0. The summed E-state index contributed by atoms with van der Waals surface area (Å²) in [4.78, 5) is 4.22. The van der Waals surface area contributed by atoms with Gasteiger partial charge in [-0.3, -0.25) is 0 Å². The highest BCUT2D eigenvalue weighted by Gasteiger charge is 1.98. The second kappa shape index (κ2) is 6.07. The average molecular weight is 240 g/mol. The normalized spacial score (nSPS) is 9.82. The lowest BCUT2D eigenvalue weighted by Crippen LogP contribution is -1.90. The zero-order valence-electron chi connectivity index (χ0n) is 9.34. The summed E-state index contributed by atoms with van der Waals surface area (Å²) in [6.45, 7) is 0. The van der Waals surface area contributed by atoms with Crippen LogP contribution in [0.2, 0.25) is 0 Å². The largest absolute Gasteiger partial charge is 0.231 e. The molecule has 1 aromatic carbocycles. The number of thioether (sulfide) groups is 1. The van der Waals surface area contributed by atoms with Gasteiger partial charge >= 0.3 is 0 Å². The van der Waals surface area contributed by atoms with Crippen LogP contribution >= 0.6 is 11.8 Å². The Kier molecular flexibility index (Phi) is 4.17. The van der Waals surface area contributed by atoms with Gasteiger partial charge in [-0.15, -0.1) is 11.8 Å². The van der Waals surface area contributed by atoms with E-state index in [1.165, 1.54) is 5.56 Å². The van der Waals surface area contributed by atoms with E-state index in [-0.39, 0.29) is 0 Å². The molecule has 0 bridgehead atoms. The monoisotopic (exact) mass is 240 g/mol. The Bertz CT molecular complexity index is 517. The molecule has 0 N–H and O–H groups in total. The van der Waals surface area contributed by atoms with E-state index in [4.69, 9.17) is 5.26 Å². The Morgan fingerprint density at radius 1 is 1.06 bits per heavy atom. The summed E-state index contributed by atoms with van der Waals surface area (Å²) in [6.07, 6.45) is 1.02. The van der Waals surface area contributed by atoms with Crippen molar-refractivity contribution < 1.29 is 0 Å². The van der Waals surface area contributed by atoms with Crippen molar-refractivity contribution in [2.45, 2.75) is 11.4 Å². The summed E-state index contributed by atoms with van der Waals surface area (Å²) >= 11 is 1.68. The summed E-state index contributed by atoms with van der Waals surface area (Å²) in [5.74, 6) is 0.978. The Labute approximate surface area is 105 Å². The molecule has 0 spiro atoms. The van der Waals surface area contributed by atoms with E-state index in [1.54, 1.807) is 17.8 Å². The van der Waals surface area contributed by atoms with Crippen molar-refractivity contribution in [1.29, 1.82) is 5.26 Å². The third kappa shape index (κ3) is 3.61. The van der Waals surface area contributed by atoms with Gasteiger partial charge in [0.25, 0.3) is 0 Å². The first kappa shape index (κ1) is 11.7. The van der Waals surface area contributed by atoms with Crippen LogP contribution in [0.5, 0.6) is 0 Å². The van der Waals surface area contributed by atoms with Gasteiger partial charge in [-0.05, 0) is 24.1 Å². The number of aryl methyl sites for hydroxylation is 1. The van der Waals surface area contributed by atoms with E-state index in [0.717, 1.165) is 17.2 Å². The Balaban J connectivity index is 1.88. The van der Waals surface area contributed by atoms with Gasteiger partial charge < -0.3 is 0 Å². The van der Waals surface area contributed by atoms with Crippen LogP contribution in [0.3, 0.4) is 0 Å². The molecule has 0 unspecified atom stereocenters. The maximum atomic E-state index is 8.74. The van der Waals surface area contributed by atoms with Gasteiger partial charge in [0.15, 0.2) is 0 Å². The van der Waals surface area contributed by atoms with Gasteiger partial charge in [0.1, 0.15) is 11.8 Å². The number of rotatable bonds is 4.